The normalized spacial score (nSPS) is 16.8. The van der Waals surface area contributed by atoms with E-state index in [1.807, 2.05) is 11.9 Å². The van der Waals surface area contributed by atoms with Crippen LogP contribution < -0.4 is 0 Å². The van der Waals surface area contributed by atoms with Crippen molar-refractivity contribution in [2.75, 3.05) is 13.6 Å². The van der Waals surface area contributed by atoms with E-state index in [4.69, 9.17) is 0 Å². The Morgan fingerprint density at radius 1 is 1.39 bits per heavy atom. The van der Waals surface area contributed by atoms with Crippen LogP contribution in [0.3, 0.4) is 0 Å². The van der Waals surface area contributed by atoms with Crippen molar-refractivity contribution < 1.29 is 4.79 Å². The molecule has 1 heterocycles. The molecule has 1 aromatic rings. The van der Waals surface area contributed by atoms with Crippen LogP contribution in [0.1, 0.15) is 37.9 Å². The van der Waals surface area contributed by atoms with Crippen molar-refractivity contribution in [1.29, 1.82) is 0 Å². The zero-order chi connectivity index (χ0) is 13.0. The number of hydrogen-bond donors (Lipinski definition) is 0. The third-order valence-electron chi connectivity index (χ3n) is 3.68. The van der Waals surface area contributed by atoms with Gasteiger partial charge in [-0.2, -0.15) is 0 Å². The van der Waals surface area contributed by atoms with Crippen LogP contribution >= 0.6 is 0 Å². The molecule has 1 fully saturated rings. The molecule has 0 saturated heterocycles. The predicted molar refractivity (Wildman–Crippen MR) is 66.8 cm³/mol. The number of aryl methyl sites for hydroxylation is 1. The molecule has 1 aliphatic carbocycles. The van der Waals surface area contributed by atoms with E-state index in [9.17, 15) is 4.79 Å². The van der Waals surface area contributed by atoms with Gasteiger partial charge in [-0.1, -0.05) is 19.3 Å². The Hall–Kier alpha value is -1.46. The topological polar surface area (TPSA) is 63.9 Å². The molecule has 6 nitrogen and oxygen atoms in total. The van der Waals surface area contributed by atoms with Gasteiger partial charge < -0.3 is 4.90 Å². The summed E-state index contributed by atoms with van der Waals surface area (Å²) in [5, 5.41) is 11.1. The Labute approximate surface area is 107 Å². The second-order valence-corrected chi connectivity index (χ2v) is 5.16. The van der Waals surface area contributed by atoms with Gasteiger partial charge in [0.25, 0.3) is 0 Å². The van der Waals surface area contributed by atoms with Crippen LogP contribution in [0, 0.1) is 12.8 Å². The van der Waals surface area contributed by atoms with E-state index in [0.717, 1.165) is 6.54 Å². The average Bonchev–Trinajstić information content (AvgIpc) is 2.76. The Balaban J connectivity index is 1.83. The van der Waals surface area contributed by atoms with Gasteiger partial charge in [-0.25, -0.2) is 4.68 Å². The van der Waals surface area contributed by atoms with Crippen LogP contribution in [0.4, 0.5) is 0 Å². The number of aromatic nitrogens is 4. The van der Waals surface area contributed by atoms with E-state index in [0.29, 0.717) is 11.7 Å². The Morgan fingerprint density at radius 2 is 2.11 bits per heavy atom. The maximum absolute atomic E-state index is 12.0. The summed E-state index contributed by atoms with van der Waals surface area (Å²) in [4.78, 5) is 13.9. The highest BCUT2D eigenvalue weighted by molar-refractivity contribution is 5.75. The van der Waals surface area contributed by atoms with E-state index in [1.54, 1.807) is 11.6 Å². The standard InChI is InChI=1S/C12H21N5O/c1-10-13-14-15-17(10)9-12(18)16(2)8-11-6-4-3-5-7-11/h11H,3-9H2,1-2H3. The monoisotopic (exact) mass is 251 g/mol. The summed E-state index contributed by atoms with van der Waals surface area (Å²) in [6.07, 6.45) is 6.46. The molecule has 0 aromatic carbocycles. The summed E-state index contributed by atoms with van der Waals surface area (Å²) in [5.41, 5.74) is 0. The molecule has 0 aliphatic heterocycles. The number of hydrogen-bond acceptors (Lipinski definition) is 4. The summed E-state index contributed by atoms with van der Waals surface area (Å²) in [6.45, 7) is 2.90. The molecule has 0 radical (unpaired) electrons. The average molecular weight is 251 g/mol. The van der Waals surface area contributed by atoms with Gasteiger partial charge in [0.1, 0.15) is 12.4 Å². The lowest BCUT2D eigenvalue weighted by Gasteiger charge is -2.27. The number of carbonyl (C=O) groups is 1. The first-order chi connectivity index (χ1) is 8.66. The molecule has 1 saturated carbocycles. The van der Waals surface area contributed by atoms with Gasteiger partial charge >= 0.3 is 0 Å². The number of carbonyl (C=O) groups excluding carboxylic acids is 1. The minimum Gasteiger partial charge on any atom is -0.344 e. The molecule has 0 N–H and O–H groups in total. The smallest absolute Gasteiger partial charge is 0.244 e. The SMILES string of the molecule is Cc1nnnn1CC(=O)N(C)CC1CCCCC1. The third kappa shape index (κ3) is 3.27. The van der Waals surface area contributed by atoms with Gasteiger partial charge in [-0.15, -0.1) is 5.10 Å². The molecular weight excluding hydrogens is 230 g/mol. The van der Waals surface area contributed by atoms with Crippen molar-refractivity contribution in [2.24, 2.45) is 5.92 Å². The fraction of sp³-hybridized carbons (Fsp3) is 0.833. The van der Waals surface area contributed by atoms with Gasteiger partial charge in [0.15, 0.2) is 0 Å². The van der Waals surface area contributed by atoms with Crippen molar-refractivity contribution in [3.8, 4) is 0 Å². The van der Waals surface area contributed by atoms with Crippen LogP contribution in [-0.4, -0.2) is 44.6 Å². The summed E-state index contributed by atoms with van der Waals surface area (Å²) in [6, 6.07) is 0. The van der Waals surface area contributed by atoms with Gasteiger partial charge in [-0.05, 0) is 36.1 Å². The first kappa shape index (κ1) is 13.0. The molecule has 1 amide bonds. The summed E-state index contributed by atoms with van der Waals surface area (Å²) in [5.74, 6) is 1.42. The summed E-state index contributed by atoms with van der Waals surface area (Å²) < 4.78 is 1.54. The fourth-order valence-electron chi connectivity index (χ4n) is 2.50. The van der Waals surface area contributed by atoms with Crippen LogP contribution in [0.15, 0.2) is 0 Å². The highest BCUT2D eigenvalue weighted by atomic mass is 16.2. The van der Waals surface area contributed by atoms with Gasteiger partial charge in [0.05, 0.1) is 0 Å². The van der Waals surface area contributed by atoms with E-state index in [-0.39, 0.29) is 12.5 Å². The van der Waals surface area contributed by atoms with E-state index in [2.05, 4.69) is 15.5 Å². The molecule has 100 valence electrons. The van der Waals surface area contributed by atoms with Crippen molar-refractivity contribution >= 4 is 5.91 Å². The molecule has 2 rings (SSSR count). The Bertz CT molecular complexity index is 397. The van der Waals surface area contributed by atoms with Crippen LogP contribution in [-0.2, 0) is 11.3 Å². The first-order valence-corrected chi connectivity index (χ1v) is 6.63. The lowest BCUT2D eigenvalue weighted by atomic mass is 9.89. The maximum atomic E-state index is 12.0. The molecule has 6 heteroatoms. The summed E-state index contributed by atoms with van der Waals surface area (Å²) in [7, 11) is 1.87. The van der Waals surface area contributed by atoms with Crippen molar-refractivity contribution in [3.05, 3.63) is 5.82 Å². The highest BCUT2D eigenvalue weighted by Crippen LogP contribution is 2.24. The molecule has 0 spiro atoms. The number of rotatable bonds is 4. The zero-order valence-corrected chi connectivity index (χ0v) is 11.2. The maximum Gasteiger partial charge on any atom is 0.244 e. The predicted octanol–water partition coefficient (Wildman–Crippen LogP) is 1.02. The molecule has 1 aliphatic rings. The van der Waals surface area contributed by atoms with E-state index < -0.39 is 0 Å². The number of amides is 1. The molecule has 0 unspecified atom stereocenters. The van der Waals surface area contributed by atoms with Gasteiger partial charge in [-0.3, -0.25) is 4.79 Å². The third-order valence-corrected chi connectivity index (χ3v) is 3.68. The van der Waals surface area contributed by atoms with E-state index in [1.165, 1.54) is 32.1 Å². The van der Waals surface area contributed by atoms with Crippen molar-refractivity contribution in [1.82, 2.24) is 25.1 Å². The lowest BCUT2D eigenvalue weighted by molar-refractivity contribution is -0.131. The minimum atomic E-state index is 0.0796. The van der Waals surface area contributed by atoms with E-state index >= 15 is 0 Å². The summed E-state index contributed by atoms with van der Waals surface area (Å²) >= 11 is 0. The van der Waals surface area contributed by atoms with Crippen molar-refractivity contribution in [3.63, 3.8) is 0 Å². The van der Waals surface area contributed by atoms with Gasteiger partial charge in [0, 0.05) is 13.6 Å². The highest BCUT2D eigenvalue weighted by Gasteiger charge is 2.19. The molecule has 0 atom stereocenters. The zero-order valence-electron chi connectivity index (χ0n) is 11.2. The fourth-order valence-corrected chi connectivity index (χ4v) is 2.50. The van der Waals surface area contributed by atoms with Crippen molar-refractivity contribution in [2.45, 2.75) is 45.6 Å². The molecule has 1 aromatic heterocycles. The molecular formula is C12H21N5O. The van der Waals surface area contributed by atoms with Gasteiger partial charge in [0.2, 0.25) is 5.91 Å². The van der Waals surface area contributed by atoms with Crippen LogP contribution in [0.2, 0.25) is 0 Å². The first-order valence-electron chi connectivity index (χ1n) is 6.63. The number of nitrogens with zero attached hydrogens (tertiary/aromatic N) is 5. The second kappa shape index (κ2) is 5.93. The largest absolute Gasteiger partial charge is 0.344 e. The second-order valence-electron chi connectivity index (χ2n) is 5.16. The quantitative estimate of drug-likeness (QED) is 0.801. The van der Waals surface area contributed by atoms with Crippen LogP contribution in [0.5, 0.6) is 0 Å². The molecule has 0 bridgehead atoms. The number of likely N-dealkylation sites (N-methyl/N-ethyl adjacent to an activating group) is 1. The Kier molecular flexibility index (Phi) is 4.28. The Morgan fingerprint density at radius 3 is 2.72 bits per heavy atom. The molecule has 18 heavy (non-hydrogen) atoms. The number of tetrazole rings is 1. The lowest BCUT2D eigenvalue weighted by Crippen LogP contribution is -2.35. The minimum absolute atomic E-state index is 0.0796. The van der Waals surface area contributed by atoms with Crippen LogP contribution in [0.25, 0.3) is 0 Å².